The highest BCUT2D eigenvalue weighted by Gasteiger charge is 2.42. The maximum absolute atomic E-state index is 10.5. The van der Waals surface area contributed by atoms with Crippen molar-refractivity contribution in [3.05, 3.63) is 0 Å². The molecule has 2 fully saturated rings. The molecule has 1 heterocycles. The average Bonchev–Trinajstić information content (AvgIpc) is 2.22. The largest absolute Gasteiger partial charge is 0.375 e. The molecule has 0 radical (unpaired) electrons. The Bertz CT molecular complexity index is 254. The Morgan fingerprint density at radius 1 is 1.44 bits per heavy atom. The minimum absolute atomic E-state index is 0.188. The number of hydrogen-bond donors (Lipinski definition) is 3. The van der Waals surface area contributed by atoms with Crippen LogP contribution in [0.3, 0.4) is 0 Å². The number of primary amides is 1. The van der Waals surface area contributed by atoms with E-state index in [2.05, 4.69) is 10.6 Å². The number of nitrogens with two attached hydrogens (primary N) is 1. The van der Waals surface area contributed by atoms with Crippen LogP contribution in [0.4, 0.5) is 4.79 Å². The zero-order valence-corrected chi connectivity index (χ0v) is 9.63. The van der Waals surface area contributed by atoms with Gasteiger partial charge in [0, 0.05) is 25.7 Å². The predicted octanol–water partition coefficient (Wildman–Crippen LogP) is 0.346. The van der Waals surface area contributed by atoms with E-state index in [9.17, 15) is 4.79 Å². The van der Waals surface area contributed by atoms with Crippen LogP contribution in [-0.4, -0.2) is 37.4 Å². The lowest BCUT2D eigenvalue weighted by Gasteiger charge is -2.47. The maximum atomic E-state index is 10.5. The van der Waals surface area contributed by atoms with E-state index < -0.39 is 6.03 Å². The van der Waals surface area contributed by atoms with Gasteiger partial charge in [-0.1, -0.05) is 0 Å². The van der Waals surface area contributed by atoms with Gasteiger partial charge in [0.2, 0.25) is 0 Å². The van der Waals surface area contributed by atoms with Gasteiger partial charge in [0.1, 0.15) is 0 Å². The molecular formula is C11H21N3O2. The van der Waals surface area contributed by atoms with Crippen LogP contribution in [0.2, 0.25) is 0 Å². The molecule has 1 spiro atoms. The SMILES string of the molecule is NC(=O)NCCNC1CCOC2(CCC2)C1. The Hall–Kier alpha value is -0.810. The van der Waals surface area contributed by atoms with Crippen LogP contribution in [0.15, 0.2) is 0 Å². The smallest absolute Gasteiger partial charge is 0.312 e. The summed E-state index contributed by atoms with van der Waals surface area (Å²) in [5, 5.41) is 6.03. The van der Waals surface area contributed by atoms with Crippen LogP contribution in [0, 0.1) is 0 Å². The molecule has 0 aromatic rings. The Kier molecular flexibility index (Phi) is 3.66. The normalized spacial score (nSPS) is 27.4. The number of carbonyl (C=O) groups excluding carboxylic acids is 1. The van der Waals surface area contributed by atoms with Gasteiger partial charge >= 0.3 is 6.03 Å². The second-order valence-corrected chi connectivity index (χ2v) is 4.82. The molecule has 1 saturated heterocycles. The zero-order chi connectivity index (χ0) is 11.4. The van der Waals surface area contributed by atoms with E-state index in [0.717, 1.165) is 26.0 Å². The summed E-state index contributed by atoms with van der Waals surface area (Å²) in [5.41, 5.74) is 5.18. The summed E-state index contributed by atoms with van der Waals surface area (Å²) in [6, 6.07) is 0.0768. The molecule has 5 nitrogen and oxygen atoms in total. The molecule has 5 heteroatoms. The van der Waals surface area contributed by atoms with Crippen LogP contribution in [0.5, 0.6) is 0 Å². The highest BCUT2D eigenvalue weighted by molar-refractivity contribution is 5.71. The van der Waals surface area contributed by atoms with Crippen molar-refractivity contribution in [1.82, 2.24) is 10.6 Å². The van der Waals surface area contributed by atoms with Crippen molar-refractivity contribution in [2.24, 2.45) is 5.73 Å². The number of hydrogen-bond acceptors (Lipinski definition) is 3. The third-order valence-corrected chi connectivity index (χ3v) is 3.61. The van der Waals surface area contributed by atoms with E-state index in [0.29, 0.717) is 12.6 Å². The van der Waals surface area contributed by atoms with Gasteiger partial charge < -0.3 is 21.1 Å². The molecule has 2 rings (SSSR count). The zero-order valence-electron chi connectivity index (χ0n) is 9.63. The van der Waals surface area contributed by atoms with Crippen LogP contribution < -0.4 is 16.4 Å². The van der Waals surface area contributed by atoms with Crippen molar-refractivity contribution >= 4 is 6.03 Å². The molecule has 0 bridgehead atoms. The topological polar surface area (TPSA) is 76.4 Å². The summed E-state index contributed by atoms with van der Waals surface area (Å²) in [5.74, 6) is 0. The third kappa shape index (κ3) is 2.86. The minimum Gasteiger partial charge on any atom is -0.375 e. The van der Waals surface area contributed by atoms with Crippen LogP contribution in [-0.2, 0) is 4.74 Å². The van der Waals surface area contributed by atoms with Crippen LogP contribution >= 0.6 is 0 Å². The summed E-state index contributed by atoms with van der Waals surface area (Å²) in [6.45, 7) is 2.24. The number of nitrogens with one attached hydrogen (secondary N) is 2. The fraction of sp³-hybridized carbons (Fsp3) is 0.909. The summed E-state index contributed by atoms with van der Waals surface area (Å²) >= 11 is 0. The Morgan fingerprint density at radius 2 is 2.25 bits per heavy atom. The second kappa shape index (κ2) is 5.01. The molecule has 1 saturated carbocycles. The summed E-state index contributed by atoms with van der Waals surface area (Å²) in [6.07, 6.45) is 5.91. The summed E-state index contributed by atoms with van der Waals surface area (Å²) in [7, 11) is 0. The Morgan fingerprint density at radius 3 is 2.88 bits per heavy atom. The molecule has 1 aliphatic carbocycles. The van der Waals surface area contributed by atoms with Gasteiger partial charge in [0.15, 0.2) is 0 Å². The molecular weight excluding hydrogens is 206 g/mol. The molecule has 4 N–H and O–H groups in total. The fourth-order valence-corrected chi connectivity index (χ4v) is 2.58. The van der Waals surface area contributed by atoms with E-state index in [4.69, 9.17) is 10.5 Å². The molecule has 2 amide bonds. The highest BCUT2D eigenvalue weighted by atomic mass is 16.5. The van der Waals surface area contributed by atoms with Crippen molar-refractivity contribution in [3.63, 3.8) is 0 Å². The first-order valence-electron chi connectivity index (χ1n) is 6.11. The number of carbonyl (C=O) groups is 1. The van der Waals surface area contributed by atoms with E-state index in [1.165, 1.54) is 19.3 Å². The lowest BCUT2D eigenvalue weighted by atomic mass is 9.74. The molecule has 2 aliphatic rings. The van der Waals surface area contributed by atoms with Crippen LogP contribution in [0.25, 0.3) is 0 Å². The second-order valence-electron chi connectivity index (χ2n) is 4.82. The Labute approximate surface area is 96.1 Å². The van der Waals surface area contributed by atoms with E-state index in [1.54, 1.807) is 0 Å². The third-order valence-electron chi connectivity index (χ3n) is 3.61. The minimum atomic E-state index is -0.454. The van der Waals surface area contributed by atoms with Gasteiger partial charge in [-0.05, 0) is 32.1 Å². The van der Waals surface area contributed by atoms with Gasteiger partial charge in [-0.2, -0.15) is 0 Å². The fourth-order valence-electron chi connectivity index (χ4n) is 2.58. The van der Waals surface area contributed by atoms with Crippen LogP contribution in [0.1, 0.15) is 32.1 Å². The van der Waals surface area contributed by atoms with E-state index in [1.807, 2.05) is 0 Å². The highest BCUT2D eigenvalue weighted by Crippen LogP contribution is 2.42. The molecule has 0 aromatic heterocycles. The van der Waals surface area contributed by atoms with Gasteiger partial charge in [0.05, 0.1) is 5.60 Å². The lowest BCUT2D eigenvalue weighted by molar-refractivity contribution is -0.135. The van der Waals surface area contributed by atoms with Crippen molar-refractivity contribution in [2.75, 3.05) is 19.7 Å². The van der Waals surface area contributed by atoms with Crippen molar-refractivity contribution in [1.29, 1.82) is 0 Å². The lowest BCUT2D eigenvalue weighted by Crippen LogP contribution is -2.51. The summed E-state index contributed by atoms with van der Waals surface area (Å²) < 4.78 is 5.85. The number of amides is 2. The number of rotatable bonds is 4. The Balaban J connectivity index is 1.64. The molecule has 16 heavy (non-hydrogen) atoms. The molecule has 1 atom stereocenters. The molecule has 92 valence electrons. The first-order chi connectivity index (χ1) is 7.70. The standard InChI is InChI=1S/C11H21N3O2/c12-10(15)14-6-5-13-9-2-7-16-11(8-9)3-1-4-11/h9,13H,1-8H2,(H3,12,14,15). The summed E-state index contributed by atoms with van der Waals surface area (Å²) in [4.78, 5) is 10.5. The quantitative estimate of drug-likeness (QED) is 0.606. The number of ether oxygens (including phenoxy) is 1. The van der Waals surface area contributed by atoms with Crippen molar-refractivity contribution in [2.45, 2.75) is 43.7 Å². The first kappa shape index (κ1) is 11.7. The van der Waals surface area contributed by atoms with E-state index in [-0.39, 0.29) is 5.60 Å². The van der Waals surface area contributed by atoms with Gasteiger partial charge in [-0.3, -0.25) is 0 Å². The number of urea groups is 1. The first-order valence-corrected chi connectivity index (χ1v) is 6.11. The van der Waals surface area contributed by atoms with E-state index >= 15 is 0 Å². The molecule has 1 aliphatic heterocycles. The van der Waals surface area contributed by atoms with Crippen molar-refractivity contribution in [3.8, 4) is 0 Å². The van der Waals surface area contributed by atoms with Crippen molar-refractivity contribution < 1.29 is 9.53 Å². The van der Waals surface area contributed by atoms with Gasteiger partial charge in [0.25, 0.3) is 0 Å². The average molecular weight is 227 g/mol. The molecule has 0 aromatic carbocycles. The maximum Gasteiger partial charge on any atom is 0.312 e. The predicted molar refractivity (Wildman–Crippen MR) is 61.1 cm³/mol. The van der Waals surface area contributed by atoms with Gasteiger partial charge in [-0.25, -0.2) is 4.79 Å². The molecule has 1 unspecified atom stereocenters. The van der Waals surface area contributed by atoms with Gasteiger partial charge in [-0.15, -0.1) is 0 Å². The monoisotopic (exact) mass is 227 g/mol.